The van der Waals surface area contributed by atoms with Crippen LogP contribution in [0.2, 0.25) is 5.02 Å². The molecule has 0 aromatic heterocycles. The van der Waals surface area contributed by atoms with Gasteiger partial charge in [0.2, 0.25) is 5.91 Å². The molecule has 2 aliphatic heterocycles. The van der Waals surface area contributed by atoms with Crippen LogP contribution in [0.15, 0.2) is 48.5 Å². The van der Waals surface area contributed by atoms with E-state index in [-0.39, 0.29) is 17.9 Å². The molecule has 2 fully saturated rings. The molecule has 2 aromatic rings. The first-order chi connectivity index (χ1) is 14.1. The van der Waals surface area contributed by atoms with Gasteiger partial charge in [0.05, 0.1) is 11.3 Å². The van der Waals surface area contributed by atoms with Gasteiger partial charge >= 0.3 is 0 Å². The number of benzene rings is 2. The summed E-state index contributed by atoms with van der Waals surface area (Å²) in [5.41, 5.74) is 2.46. The van der Waals surface area contributed by atoms with E-state index in [0.717, 1.165) is 38.9 Å². The van der Waals surface area contributed by atoms with Gasteiger partial charge in [-0.2, -0.15) is 0 Å². The zero-order valence-corrected chi connectivity index (χ0v) is 17.2. The van der Waals surface area contributed by atoms with E-state index < -0.39 is 0 Å². The Hall–Kier alpha value is -2.37. The van der Waals surface area contributed by atoms with E-state index in [9.17, 15) is 9.59 Å². The van der Waals surface area contributed by atoms with Gasteiger partial charge in [0.25, 0.3) is 5.91 Å². The number of hydrogen-bond donors (Lipinski definition) is 1. The Kier molecular flexibility index (Phi) is 6.16. The summed E-state index contributed by atoms with van der Waals surface area (Å²) in [6.07, 6.45) is 3.17. The van der Waals surface area contributed by atoms with Crippen molar-refractivity contribution in [3.05, 3.63) is 64.7 Å². The van der Waals surface area contributed by atoms with E-state index in [4.69, 9.17) is 11.6 Å². The number of likely N-dealkylation sites (tertiary alicyclic amines) is 1. The van der Waals surface area contributed by atoms with Crippen LogP contribution in [0.4, 0.5) is 5.69 Å². The van der Waals surface area contributed by atoms with Crippen LogP contribution in [0.1, 0.15) is 41.6 Å². The molecule has 6 heteroatoms. The minimum Gasteiger partial charge on any atom is -0.349 e. The van der Waals surface area contributed by atoms with Gasteiger partial charge in [-0.3, -0.25) is 14.5 Å². The zero-order valence-electron chi connectivity index (χ0n) is 16.4. The maximum Gasteiger partial charge on any atom is 0.253 e. The number of hydrogen-bond acceptors (Lipinski definition) is 3. The van der Waals surface area contributed by atoms with E-state index in [1.165, 1.54) is 5.56 Å². The van der Waals surface area contributed by atoms with E-state index >= 15 is 0 Å². The van der Waals surface area contributed by atoms with E-state index in [1.807, 2.05) is 6.07 Å². The SMILES string of the molecule is O=C(NC1CCN(Cc2ccccc2)CC1)c1ccc(Cl)cc1N1CCCC1=O. The van der Waals surface area contributed by atoms with Crippen LogP contribution in [0.5, 0.6) is 0 Å². The molecule has 152 valence electrons. The number of rotatable bonds is 5. The fourth-order valence-corrected chi connectivity index (χ4v) is 4.33. The number of halogens is 1. The monoisotopic (exact) mass is 411 g/mol. The molecule has 2 aromatic carbocycles. The Morgan fingerprint density at radius 1 is 1.07 bits per heavy atom. The van der Waals surface area contributed by atoms with Crippen molar-refractivity contribution in [2.45, 2.75) is 38.3 Å². The minimum absolute atomic E-state index is 0.0514. The molecule has 0 radical (unpaired) electrons. The maximum atomic E-state index is 13.0. The van der Waals surface area contributed by atoms with Gasteiger partial charge in [0, 0.05) is 43.7 Å². The smallest absolute Gasteiger partial charge is 0.253 e. The molecule has 1 N–H and O–H groups in total. The van der Waals surface area contributed by atoms with Crippen molar-refractivity contribution in [1.82, 2.24) is 10.2 Å². The molecule has 2 amide bonds. The highest BCUT2D eigenvalue weighted by Crippen LogP contribution is 2.29. The predicted octanol–water partition coefficient (Wildman–Crippen LogP) is 3.86. The largest absolute Gasteiger partial charge is 0.349 e. The second kappa shape index (κ2) is 8.97. The third kappa shape index (κ3) is 4.80. The van der Waals surface area contributed by atoms with E-state index in [0.29, 0.717) is 29.2 Å². The molecule has 2 aliphatic rings. The lowest BCUT2D eigenvalue weighted by atomic mass is 10.0. The quantitative estimate of drug-likeness (QED) is 0.812. The number of nitrogens with zero attached hydrogens (tertiary/aromatic N) is 2. The Labute approximate surface area is 176 Å². The van der Waals surface area contributed by atoms with Gasteiger partial charge in [-0.1, -0.05) is 41.9 Å². The second-order valence-corrected chi connectivity index (χ2v) is 8.26. The number of anilines is 1. The van der Waals surface area contributed by atoms with Crippen LogP contribution < -0.4 is 10.2 Å². The Bertz CT molecular complexity index is 879. The minimum atomic E-state index is -0.127. The summed E-state index contributed by atoms with van der Waals surface area (Å²) in [7, 11) is 0. The van der Waals surface area contributed by atoms with Gasteiger partial charge in [-0.15, -0.1) is 0 Å². The molecule has 0 bridgehead atoms. The molecule has 0 spiro atoms. The number of carbonyl (C=O) groups is 2. The summed E-state index contributed by atoms with van der Waals surface area (Å²) >= 11 is 6.15. The van der Waals surface area contributed by atoms with Crippen molar-refractivity contribution in [2.24, 2.45) is 0 Å². The van der Waals surface area contributed by atoms with Crippen LogP contribution in [0, 0.1) is 0 Å². The molecule has 2 heterocycles. The first-order valence-electron chi connectivity index (χ1n) is 10.3. The van der Waals surface area contributed by atoms with E-state index in [2.05, 4.69) is 34.5 Å². The topological polar surface area (TPSA) is 52.7 Å². The Morgan fingerprint density at radius 2 is 1.83 bits per heavy atom. The van der Waals surface area contributed by atoms with Gasteiger partial charge < -0.3 is 10.2 Å². The van der Waals surface area contributed by atoms with Gasteiger partial charge in [-0.05, 0) is 43.0 Å². The van der Waals surface area contributed by atoms with E-state index in [1.54, 1.807) is 23.1 Å². The average molecular weight is 412 g/mol. The third-order valence-corrected chi connectivity index (χ3v) is 5.98. The van der Waals surface area contributed by atoms with Crippen LogP contribution in [0.25, 0.3) is 0 Å². The van der Waals surface area contributed by atoms with Crippen LogP contribution in [-0.4, -0.2) is 42.4 Å². The summed E-state index contributed by atoms with van der Waals surface area (Å²) in [4.78, 5) is 29.3. The lowest BCUT2D eigenvalue weighted by Gasteiger charge is -2.32. The van der Waals surface area contributed by atoms with Crippen LogP contribution >= 0.6 is 11.6 Å². The predicted molar refractivity (Wildman–Crippen MR) is 115 cm³/mol. The van der Waals surface area contributed by atoms with Crippen molar-refractivity contribution in [3.63, 3.8) is 0 Å². The van der Waals surface area contributed by atoms with Gasteiger partial charge in [0.1, 0.15) is 0 Å². The first kappa shape index (κ1) is 19.9. The number of piperidine rings is 1. The number of carbonyl (C=O) groups excluding carboxylic acids is 2. The molecular formula is C23H26ClN3O2. The van der Waals surface area contributed by atoms with Crippen LogP contribution in [-0.2, 0) is 11.3 Å². The number of nitrogens with one attached hydrogen (secondary N) is 1. The Morgan fingerprint density at radius 3 is 2.52 bits per heavy atom. The third-order valence-electron chi connectivity index (χ3n) is 5.74. The fraction of sp³-hybridized carbons (Fsp3) is 0.391. The van der Waals surface area contributed by atoms with Crippen molar-refractivity contribution >= 4 is 29.1 Å². The molecule has 0 unspecified atom stereocenters. The lowest BCUT2D eigenvalue weighted by molar-refractivity contribution is -0.117. The van der Waals surface area contributed by atoms with Crippen molar-refractivity contribution < 1.29 is 9.59 Å². The highest BCUT2D eigenvalue weighted by Gasteiger charge is 2.27. The lowest BCUT2D eigenvalue weighted by Crippen LogP contribution is -2.44. The average Bonchev–Trinajstić information content (AvgIpc) is 3.16. The molecule has 2 saturated heterocycles. The second-order valence-electron chi connectivity index (χ2n) is 7.82. The fourth-order valence-electron chi connectivity index (χ4n) is 4.16. The highest BCUT2D eigenvalue weighted by molar-refractivity contribution is 6.31. The van der Waals surface area contributed by atoms with Crippen molar-refractivity contribution in [2.75, 3.05) is 24.5 Å². The molecule has 5 nitrogen and oxygen atoms in total. The molecular weight excluding hydrogens is 386 g/mol. The molecule has 4 rings (SSSR count). The molecule has 29 heavy (non-hydrogen) atoms. The van der Waals surface area contributed by atoms with Crippen LogP contribution in [0.3, 0.4) is 0 Å². The highest BCUT2D eigenvalue weighted by atomic mass is 35.5. The zero-order chi connectivity index (χ0) is 20.2. The van der Waals surface area contributed by atoms with Crippen molar-refractivity contribution in [3.8, 4) is 0 Å². The van der Waals surface area contributed by atoms with Gasteiger partial charge in [-0.25, -0.2) is 0 Å². The molecule has 0 saturated carbocycles. The first-order valence-corrected chi connectivity index (χ1v) is 10.6. The standard InChI is InChI=1S/C23H26ClN3O2/c24-18-8-9-20(21(15-18)27-12-4-7-22(27)28)23(29)25-19-10-13-26(14-11-19)16-17-5-2-1-3-6-17/h1-3,5-6,8-9,15,19H,4,7,10-14,16H2,(H,25,29). The molecule has 0 atom stereocenters. The maximum absolute atomic E-state index is 13.0. The Balaban J connectivity index is 1.37. The summed E-state index contributed by atoms with van der Waals surface area (Å²) in [5, 5.41) is 3.70. The summed E-state index contributed by atoms with van der Waals surface area (Å²) in [6, 6.07) is 15.8. The summed E-state index contributed by atoms with van der Waals surface area (Å²) in [5.74, 6) is -0.0755. The van der Waals surface area contributed by atoms with Crippen molar-refractivity contribution in [1.29, 1.82) is 0 Å². The normalized spacial score (nSPS) is 18.2. The molecule has 0 aliphatic carbocycles. The number of amides is 2. The summed E-state index contributed by atoms with van der Waals surface area (Å²) in [6.45, 7) is 3.49. The van der Waals surface area contributed by atoms with Gasteiger partial charge in [0.15, 0.2) is 0 Å². The summed E-state index contributed by atoms with van der Waals surface area (Å²) < 4.78 is 0.